The number of para-hydroxylation sites is 3. The van der Waals surface area contributed by atoms with Gasteiger partial charge in [0.1, 0.15) is 5.25 Å². The zero-order valence-electron chi connectivity index (χ0n) is 19.1. The highest BCUT2D eigenvalue weighted by molar-refractivity contribution is 8.00. The first kappa shape index (κ1) is 24.9. The van der Waals surface area contributed by atoms with Crippen LogP contribution < -0.4 is 5.32 Å². The molecule has 0 saturated carbocycles. The second-order valence-corrected chi connectivity index (χ2v) is 9.62. The molecule has 1 atom stereocenters. The fraction of sp³-hybridized carbons (Fsp3) is 0.0714. The van der Waals surface area contributed by atoms with Crippen LogP contribution >= 0.6 is 23.4 Å². The number of rotatable bonds is 6. The molecule has 1 amide bonds. The number of amides is 1. The van der Waals surface area contributed by atoms with Gasteiger partial charge in [0.25, 0.3) is 0 Å². The van der Waals surface area contributed by atoms with E-state index in [1.54, 1.807) is 24.3 Å². The Morgan fingerprint density at radius 2 is 1.54 bits per heavy atom. The molecule has 0 bridgehead atoms. The number of halogens is 4. The van der Waals surface area contributed by atoms with Crippen molar-refractivity contribution in [1.29, 1.82) is 0 Å². The molecule has 1 aromatic heterocycles. The molecule has 0 aliphatic rings. The predicted octanol–water partition coefficient (Wildman–Crippen LogP) is 8.17. The average Bonchev–Trinajstić information content (AvgIpc) is 3.27. The summed E-state index contributed by atoms with van der Waals surface area (Å²) in [4.78, 5) is 18.4. The van der Waals surface area contributed by atoms with E-state index in [4.69, 9.17) is 16.6 Å². The van der Waals surface area contributed by atoms with E-state index in [1.807, 2.05) is 65.2 Å². The third-order valence-corrected chi connectivity index (χ3v) is 7.20. The quantitative estimate of drug-likeness (QED) is 0.222. The molecule has 5 rings (SSSR count). The van der Waals surface area contributed by atoms with Gasteiger partial charge < -0.3 is 5.32 Å². The second kappa shape index (κ2) is 10.3. The van der Waals surface area contributed by atoms with Crippen LogP contribution in [0.1, 0.15) is 16.4 Å². The Balaban J connectivity index is 1.56. The number of nitrogens with zero attached hydrogens (tertiary/aromatic N) is 2. The Bertz CT molecular complexity index is 1560. The van der Waals surface area contributed by atoms with Gasteiger partial charge in [0.2, 0.25) is 5.91 Å². The lowest BCUT2D eigenvalue weighted by molar-refractivity contribution is -0.137. The molecule has 0 radical (unpaired) electrons. The Hall–Kier alpha value is -3.75. The molecular formula is C28H19ClF3N3OS. The summed E-state index contributed by atoms with van der Waals surface area (Å²) in [6.07, 6.45) is -4.57. The van der Waals surface area contributed by atoms with Gasteiger partial charge in [-0.3, -0.25) is 9.36 Å². The van der Waals surface area contributed by atoms with E-state index in [0.717, 1.165) is 34.9 Å². The lowest BCUT2D eigenvalue weighted by Crippen LogP contribution is -2.20. The predicted molar refractivity (Wildman–Crippen MR) is 141 cm³/mol. The maximum absolute atomic E-state index is 13.6. The van der Waals surface area contributed by atoms with E-state index < -0.39 is 22.9 Å². The Morgan fingerprint density at radius 3 is 2.24 bits per heavy atom. The third kappa shape index (κ3) is 5.35. The Kier molecular flexibility index (Phi) is 6.95. The lowest BCUT2D eigenvalue weighted by Gasteiger charge is -2.19. The average molecular weight is 538 g/mol. The van der Waals surface area contributed by atoms with Crippen molar-refractivity contribution < 1.29 is 18.0 Å². The van der Waals surface area contributed by atoms with Crippen LogP contribution in [0.25, 0.3) is 16.7 Å². The van der Waals surface area contributed by atoms with Crippen molar-refractivity contribution in [2.75, 3.05) is 5.32 Å². The number of hydrogen-bond acceptors (Lipinski definition) is 3. The van der Waals surface area contributed by atoms with Gasteiger partial charge in [-0.25, -0.2) is 4.98 Å². The monoisotopic (exact) mass is 537 g/mol. The van der Waals surface area contributed by atoms with Crippen LogP contribution in [0.2, 0.25) is 5.02 Å². The smallest absolute Gasteiger partial charge is 0.323 e. The second-order valence-electron chi connectivity index (χ2n) is 8.14. The van der Waals surface area contributed by atoms with Crippen molar-refractivity contribution in [3.05, 3.63) is 119 Å². The van der Waals surface area contributed by atoms with Crippen molar-refractivity contribution in [2.24, 2.45) is 0 Å². The molecule has 37 heavy (non-hydrogen) atoms. The van der Waals surface area contributed by atoms with Gasteiger partial charge in [-0.05, 0) is 48.0 Å². The molecular weight excluding hydrogens is 519 g/mol. The first-order valence-corrected chi connectivity index (χ1v) is 12.5. The summed E-state index contributed by atoms with van der Waals surface area (Å²) in [6, 6.07) is 29.1. The normalized spacial score (nSPS) is 12.4. The Labute approximate surface area is 220 Å². The van der Waals surface area contributed by atoms with Crippen LogP contribution in [-0.4, -0.2) is 15.5 Å². The maximum Gasteiger partial charge on any atom is 0.416 e. The fourth-order valence-electron chi connectivity index (χ4n) is 3.91. The van der Waals surface area contributed by atoms with Crippen LogP contribution in [-0.2, 0) is 11.0 Å². The molecule has 0 aliphatic carbocycles. The van der Waals surface area contributed by atoms with Crippen LogP contribution in [0.4, 0.5) is 18.9 Å². The van der Waals surface area contributed by atoms with Crippen LogP contribution in [0, 0.1) is 0 Å². The molecule has 0 spiro atoms. The standard InChI is InChI=1S/C28H19ClF3N3OS/c29-21-16-15-19(28(30,31)32)17-23(21)33-26(36)25(18-9-3-1-4-10-18)37-27-34-22-13-7-8-14-24(22)35(27)20-11-5-2-6-12-20/h1-17,25H,(H,33,36)/t25-/m0/s1. The number of alkyl halides is 3. The number of nitrogens with one attached hydrogen (secondary N) is 1. The number of imidazole rings is 1. The van der Waals surface area contributed by atoms with Gasteiger partial charge in [-0.1, -0.05) is 84.0 Å². The van der Waals surface area contributed by atoms with E-state index in [2.05, 4.69) is 5.32 Å². The van der Waals surface area contributed by atoms with E-state index in [-0.39, 0.29) is 10.7 Å². The number of benzene rings is 4. The highest BCUT2D eigenvalue weighted by Crippen LogP contribution is 2.40. The van der Waals surface area contributed by atoms with Crippen molar-refractivity contribution in [3.8, 4) is 5.69 Å². The zero-order chi connectivity index (χ0) is 26.0. The summed E-state index contributed by atoms with van der Waals surface area (Å²) in [7, 11) is 0. The lowest BCUT2D eigenvalue weighted by atomic mass is 10.1. The maximum atomic E-state index is 13.6. The molecule has 1 N–H and O–H groups in total. The number of thioether (sulfide) groups is 1. The summed E-state index contributed by atoms with van der Waals surface area (Å²) in [5.41, 5.74) is 2.14. The molecule has 186 valence electrons. The number of carbonyl (C=O) groups excluding carboxylic acids is 1. The number of fused-ring (bicyclic) bond motifs is 1. The van der Waals surface area contributed by atoms with E-state index in [0.29, 0.717) is 10.7 Å². The molecule has 4 nitrogen and oxygen atoms in total. The minimum atomic E-state index is -4.57. The largest absolute Gasteiger partial charge is 0.416 e. The molecule has 5 aromatic rings. The fourth-order valence-corrected chi connectivity index (χ4v) is 5.21. The van der Waals surface area contributed by atoms with E-state index in [1.165, 1.54) is 11.8 Å². The van der Waals surface area contributed by atoms with Gasteiger partial charge >= 0.3 is 6.18 Å². The number of aromatic nitrogens is 2. The van der Waals surface area contributed by atoms with Gasteiger partial charge in [0, 0.05) is 5.69 Å². The van der Waals surface area contributed by atoms with Gasteiger partial charge in [0.05, 0.1) is 27.3 Å². The SMILES string of the molecule is O=C(Nc1cc(C(F)(F)F)ccc1Cl)[C@@H](Sc1nc2ccccc2n1-c1ccccc1)c1ccccc1. The molecule has 4 aromatic carbocycles. The number of hydrogen-bond donors (Lipinski definition) is 1. The molecule has 0 fully saturated rings. The minimum absolute atomic E-state index is 0.00897. The van der Waals surface area contributed by atoms with Crippen LogP contribution in [0.15, 0.2) is 108 Å². The van der Waals surface area contributed by atoms with Gasteiger partial charge in [0.15, 0.2) is 5.16 Å². The van der Waals surface area contributed by atoms with Crippen LogP contribution in [0.5, 0.6) is 0 Å². The summed E-state index contributed by atoms with van der Waals surface area (Å²) >= 11 is 7.36. The number of carbonyl (C=O) groups is 1. The third-order valence-electron chi connectivity index (χ3n) is 5.66. The first-order valence-electron chi connectivity index (χ1n) is 11.2. The summed E-state index contributed by atoms with van der Waals surface area (Å²) in [5, 5.41) is 2.35. The van der Waals surface area contributed by atoms with E-state index >= 15 is 0 Å². The summed E-state index contributed by atoms with van der Waals surface area (Å²) in [6.45, 7) is 0. The highest BCUT2D eigenvalue weighted by Gasteiger charge is 2.32. The molecule has 1 heterocycles. The van der Waals surface area contributed by atoms with Crippen molar-refractivity contribution in [3.63, 3.8) is 0 Å². The van der Waals surface area contributed by atoms with Crippen LogP contribution in [0.3, 0.4) is 0 Å². The van der Waals surface area contributed by atoms with E-state index in [9.17, 15) is 18.0 Å². The first-order chi connectivity index (χ1) is 17.8. The minimum Gasteiger partial charge on any atom is -0.323 e. The number of anilines is 1. The Morgan fingerprint density at radius 1 is 0.892 bits per heavy atom. The highest BCUT2D eigenvalue weighted by atomic mass is 35.5. The van der Waals surface area contributed by atoms with Gasteiger partial charge in [-0.2, -0.15) is 13.2 Å². The topological polar surface area (TPSA) is 46.9 Å². The molecule has 0 saturated heterocycles. The van der Waals surface area contributed by atoms with Crippen molar-refractivity contribution in [1.82, 2.24) is 9.55 Å². The molecule has 0 unspecified atom stereocenters. The molecule has 0 aliphatic heterocycles. The zero-order valence-corrected chi connectivity index (χ0v) is 20.7. The molecule has 9 heteroatoms. The van der Waals surface area contributed by atoms with Gasteiger partial charge in [-0.15, -0.1) is 0 Å². The van der Waals surface area contributed by atoms with Crippen molar-refractivity contribution in [2.45, 2.75) is 16.6 Å². The van der Waals surface area contributed by atoms with Crippen molar-refractivity contribution >= 4 is 46.0 Å². The summed E-state index contributed by atoms with van der Waals surface area (Å²) in [5.74, 6) is -0.524. The summed E-state index contributed by atoms with van der Waals surface area (Å²) < 4.78 is 41.8.